The van der Waals surface area contributed by atoms with Crippen LogP contribution < -0.4 is 10.2 Å². The Morgan fingerprint density at radius 2 is 1.85 bits per heavy atom. The first-order valence-corrected chi connectivity index (χ1v) is 10.1. The molecular formula is C19H25N5OS. The number of carbonyl (C=O) groups is 1. The predicted molar refractivity (Wildman–Crippen MR) is 107 cm³/mol. The summed E-state index contributed by atoms with van der Waals surface area (Å²) >= 11 is 1.68. The summed E-state index contributed by atoms with van der Waals surface area (Å²) in [4.78, 5) is 27.0. The van der Waals surface area contributed by atoms with Gasteiger partial charge in [0.25, 0.3) is 5.91 Å². The number of hydrogen-bond donors (Lipinski definition) is 1. The molecule has 26 heavy (non-hydrogen) atoms. The molecule has 0 saturated carbocycles. The van der Waals surface area contributed by atoms with Gasteiger partial charge in [-0.25, -0.2) is 4.98 Å². The van der Waals surface area contributed by atoms with Crippen molar-refractivity contribution in [3.63, 3.8) is 0 Å². The molecule has 0 atom stereocenters. The molecule has 138 valence electrons. The van der Waals surface area contributed by atoms with Crippen molar-refractivity contribution in [2.24, 2.45) is 0 Å². The number of aryl methyl sites for hydroxylation is 1. The molecule has 1 fully saturated rings. The Labute approximate surface area is 159 Å². The highest BCUT2D eigenvalue weighted by Crippen LogP contribution is 2.19. The van der Waals surface area contributed by atoms with Crippen LogP contribution in [0.4, 0.5) is 11.8 Å². The van der Waals surface area contributed by atoms with Crippen molar-refractivity contribution in [3.05, 3.63) is 41.6 Å². The Balaban J connectivity index is 1.64. The molecule has 6 nitrogen and oxygen atoms in total. The highest BCUT2D eigenvalue weighted by Gasteiger charge is 2.23. The lowest BCUT2D eigenvalue weighted by Crippen LogP contribution is -2.49. The van der Waals surface area contributed by atoms with Crippen LogP contribution in [0.5, 0.6) is 0 Å². The maximum Gasteiger partial charge on any atom is 0.253 e. The fraction of sp³-hybridized carbons (Fsp3) is 0.421. The summed E-state index contributed by atoms with van der Waals surface area (Å²) in [5, 5.41) is 3.17. The van der Waals surface area contributed by atoms with Gasteiger partial charge in [-0.1, -0.05) is 0 Å². The molecular weight excluding hydrogens is 346 g/mol. The first-order valence-electron chi connectivity index (χ1n) is 8.88. The third-order valence-corrected chi connectivity index (χ3v) is 5.15. The van der Waals surface area contributed by atoms with Gasteiger partial charge in [0.15, 0.2) is 0 Å². The number of anilines is 2. The molecule has 3 rings (SSSR count). The van der Waals surface area contributed by atoms with Gasteiger partial charge in [-0.05, 0) is 44.4 Å². The highest BCUT2D eigenvalue weighted by atomic mass is 32.2. The third kappa shape index (κ3) is 4.27. The number of amides is 1. The molecule has 1 aliphatic heterocycles. The lowest BCUT2D eigenvalue weighted by Gasteiger charge is -2.35. The van der Waals surface area contributed by atoms with Gasteiger partial charge in [-0.3, -0.25) is 4.79 Å². The Hall–Kier alpha value is -2.28. The van der Waals surface area contributed by atoms with Gasteiger partial charge in [0, 0.05) is 54.9 Å². The minimum absolute atomic E-state index is 0.101. The predicted octanol–water partition coefficient (Wildman–Crippen LogP) is 2.90. The topological polar surface area (TPSA) is 61.4 Å². The molecule has 1 N–H and O–H groups in total. The van der Waals surface area contributed by atoms with Crippen LogP contribution in [0.2, 0.25) is 0 Å². The smallest absolute Gasteiger partial charge is 0.253 e. The largest absolute Gasteiger partial charge is 0.354 e. The lowest BCUT2D eigenvalue weighted by molar-refractivity contribution is 0.0746. The molecule has 0 aliphatic carbocycles. The normalized spacial score (nSPS) is 14.4. The Kier molecular flexibility index (Phi) is 5.98. The van der Waals surface area contributed by atoms with Gasteiger partial charge in [-0.15, -0.1) is 11.8 Å². The summed E-state index contributed by atoms with van der Waals surface area (Å²) in [7, 11) is 0. The number of thioether (sulfide) groups is 1. The van der Waals surface area contributed by atoms with E-state index in [2.05, 4.69) is 20.2 Å². The zero-order valence-corrected chi connectivity index (χ0v) is 16.3. The molecule has 1 saturated heterocycles. The van der Waals surface area contributed by atoms with E-state index < -0.39 is 0 Å². The fourth-order valence-electron chi connectivity index (χ4n) is 3.01. The molecule has 0 radical (unpaired) electrons. The van der Waals surface area contributed by atoms with Gasteiger partial charge in [0.05, 0.1) is 0 Å². The Morgan fingerprint density at radius 3 is 2.46 bits per heavy atom. The maximum absolute atomic E-state index is 12.7. The molecule has 2 heterocycles. The standard InChI is InChI=1S/C19H25N5OS/c1-4-20-19-21-14(2)13-17(22-19)23-9-11-24(12-10-23)18(25)15-5-7-16(26-3)8-6-15/h5-8,13H,4,9-12H2,1-3H3,(H,20,21,22). The second kappa shape index (κ2) is 8.40. The van der Waals surface area contributed by atoms with Crippen molar-refractivity contribution in [1.82, 2.24) is 14.9 Å². The number of rotatable bonds is 5. The average Bonchev–Trinajstić information content (AvgIpc) is 2.67. The van der Waals surface area contributed by atoms with Crippen LogP contribution in [0.25, 0.3) is 0 Å². The fourth-order valence-corrected chi connectivity index (χ4v) is 3.41. The number of nitrogens with one attached hydrogen (secondary N) is 1. The van der Waals surface area contributed by atoms with E-state index in [9.17, 15) is 4.79 Å². The number of nitrogens with zero attached hydrogens (tertiary/aromatic N) is 4. The SMILES string of the molecule is CCNc1nc(C)cc(N2CCN(C(=O)c3ccc(SC)cc3)CC2)n1. The second-order valence-electron chi connectivity index (χ2n) is 6.23. The van der Waals surface area contributed by atoms with Crippen LogP contribution >= 0.6 is 11.8 Å². The molecule has 2 aromatic rings. The van der Waals surface area contributed by atoms with E-state index in [0.29, 0.717) is 19.0 Å². The van der Waals surface area contributed by atoms with E-state index in [4.69, 9.17) is 0 Å². The summed E-state index contributed by atoms with van der Waals surface area (Å²) in [6.07, 6.45) is 2.03. The maximum atomic E-state index is 12.7. The zero-order chi connectivity index (χ0) is 18.5. The quantitative estimate of drug-likeness (QED) is 0.816. The summed E-state index contributed by atoms with van der Waals surface area (Å²) in [6.45, 7) is 7.74. The molecule has 0 spiro atoms. The van der Waals surface area contributed by atoms with Crippen molar-refractivity contribution in [3.8, 4) is 0 Å². The van der Waals surface area contributed by atoms with E-state index in [1.165, 1.54) is 4.90 Å². The average molecular weight is 372 g/mol. The minimum atomic E-state index is 0.101. The molecule has 0 bridgehead atoms. The van der Waals surface area contributed by atoms with Gasteiger partial charge in [0.2, 0.25) is 5.95 Å². The molecule has 1 aromatic carbocycles. The Bertz CT molecular complexity index is 757. The van der Waals surface area contributed by atoms with E-state index in [-0.39, 0.29) is 5.91 Å². The first-order chi connectivity index (χ1) is 12.6. The number of piperazine rings is 1. The minimum Gasteiger partial charge on any atom is -0.354 e. The van der Waals surface area contributed by atoms with Crippen LogP contribution in [0.3, 0.4) is 0 Å². The van der Waals surface area contributed by atoms with Crippen LogP contribution in [0, 0.1) is 6.92 Å². The van der Waals surface area contributed by atoms with Crippen molar-refractivity contribution >= 4 is 29.4 Å². The van der Waals surface area contributed by atoms with Crippen LogP contribution in [-0.2, 0) is 0 Å². The lowest BCUT2D eigenvalue weighted by atomic mass is 10.2. The summed E-state index contributed by atoms with van der Waals surface area (Å²) in [6, 6.07) is 9.83. The second-order valence-corrected chi connectivity index (χ2v) is 7.11. The van der Waals surface area contributed by atoms with Crippen LogP contribution in [0.1, 0.15) is 23.0 Å². The summed E-state index contributed by atoms with van der Waals surface area (Å²) < 4.78 is 0. The number of carbonyl (C=O) groups excluding carboxylic acids is 1. The van der Waals surface area contributed by atoms with Crippen molar-refractivity contribution < 1.29 is 4.79 Å². The van der Waals surface area contributed by atoms with Gasteiger partial charge >= 0.3 is 0 Å². The van der Waals surface area contributed by atoms with E-state index >= 15 is 0 Å². The molecule has 1 aromatic heterocycles. The van der Waals surface area contributed by atoms with Crippen LogP contribution in [0.15, 0.2) is 35.2 Å². The monoisotopic (exact) mass is 371 g/mol. The molecule has 7 heteroatoms. The molecule has 0 unspecified atom stereocenters. The Morgan fingerprint density at radius 1 is 1.15 bits per heavy atom. The summed E-state index contributed by atoms with van der Waals surface area (Å²) in [5.74, 6) is 1.68. The highest BCUT2D eigenvalue weighted by molar-refractivity contribution is 7.98. The van der Waals surface area contributed by atoms with E-state index in [1.807, 2.05) is 55.3 Å². The van der Waals surface area contributed by atoms with Crippen molar-refractivity contribution in [2.75, 3.05) is 49.2 Å². The van der Waals surface area contributed by atoms with Crippen molar-refractivity contribution in [1.29, 1.82) is 0 Å². The molecule has 1 aliphatic rings. The van der Waals surface area contributed by atoms with E-state index in [1.54, 1.807) is 11.8 Å². The van der Waals surface area contributed by atoms with Gasteiger partial charge in [-0.2, -0.15) is 4.98 Å². The van der Waals surface area contributed by atoms with Crippen molar-refractivity contribution in [2.45, 2.75) is 18.7 Å². The number of aromatic nitrogens is 2. The van der Waals surface area contributed by atoms with Gasteiger partial charge < -0.3 is 15.1 Å². The molecule has 1 amide bonds. The number of hydrogen-bond acceptors (Lipinski definition) is 6. The third-order valence-electron chi connectivity index (χ3n) is 4.40. The van der Waals surface area contributed by atoms with E-state index in [0.717, 1.165) is 36.7 Å². The number of benzene rings is 1. The zero-order valence-electron chi connectivity index (χ0n) is 15.5. The van der Waals surface area contributed by atoms with Gasteiger partial charge in [0.1, 0.15) is 5.82 Å². The van der Waals surface area contributed by atoms with Crippen LogP contribution in [-0.4, -0.2) is 59.8 Å². The first kappa shape index (κ1) is 18.5. The summed E-state index contributed by atoms with van der Waals surface area (Å²) in [5.41, 5.74) is 1.70.